The van der Waals surface area contributed by atoms with Crippen LogP contribution in [0.3, 0.4) is 0 Å². The van der Waals surface area contributed by atoms with Gasteiger partial charge in [-0.05, 0) is 47.7 Å². The van der Waals surface area contributed by atoms with Gasteiger partial charge in [-0.15, -0.1) is 0 Å². The van der Waals surface area contributed by atoms with Crippen molar-refractivity contribution in [1.29, 1.82) is 0 Å². The van der Waals surface area contributed by atoms with Crippen LogP contribution in [0.5, 0.6) is 11.5 Å². The summed E-state index contributed by atoms with van der Waals surface area (Å²) in [6.45, 7) is 4.36. The van der Waals surface area contributed by atoms with E-state index in [1.165, 1.54) is 0 Å². The number of ether oxygens (including phenoxy) is 2. The fraction of sp³-hybridized carbons (Fsp3) is 0.240. The van der Waals surface area contributed by atoms with E-state index in [0.29, 0.717) is 6.42 Å². The van der Waals surface area contributed by atoms with E-state index in [2.05, 4.69) is 13.8 Å². The number of hydrogen-bond acceptors (Lipinski definition) is 3. The van der Waals surface area contributed by atoms with E-state index in [-0.39, 0.29) is 24.4 Å². The number of esters is 1. The van der Waals surface area contributed by atoms with Crippen LogP contribution in [0, 0.1) is 11.8 Å². The van der Waals surface area contributed by atoms with E-state index in [4.69, 9.17) is 9.47 Å². The molecule has 1 unspecified atom stereocenters. The number of carbonyl (C=O) groups is 1. The van der Waals surface area contributed by atoms with Gasteiger partial charge in [0.2, 0.25) is 0 Å². The normalized spacial score (nSPS) is 11.8. The van der Waals surface area contributed by atoms with Crippen LogP contribution in [-0.4, -0.2) is 5.97 Å². The Morgan fingerprint density at radius 1 is 0.786 bits per heavy atom. The van der Waals surface area contributed by atoms with Crippen molar-refractivity contribution in [3.63, 3.8) is 0 Å². The van der Waals surface area contributed by atoms with Gasteiger partial charge in [-0.2, -0.15) is 0 Å². The predicted octanol–water partition coefficient (Wildman–Crippen LogP) is 6.04. The number of carbonyl (C=O) groups excluding carboxylic acids is 1. The fourth-order valence-electron chi connectivity index (χ4n) is 3.04. The maximum absolute atomic E-state index is 12.7. The van der Waals surface area contributed by atoms with E-state index < -0.39 is 0 Å². The lowest BCUT2D eigenvalue weighted by Gasteiger charge is -2.19. The van der Waals surface area contributed by atoms with E-state index in [9.17, 15) is 4.79 Å². The summed E-state index contributed by atoms with van der Waals surface area (Å²) in [5.41, 5.74) is 2.06. The average Bonchev–Trinajstić information content (AvgIpc) is 2.72. The molecular weight excluding hydrogens is 348 g/mol. The Hall–Kier alpha value is -3.07. The zero-order chi connectivity index (χ0) is 19.8. The smallest absolute Gasteiger partial charge is 0.309 e. The predicted molar refractivity (Wildman–Crippen MR) is 111 cm³/mol. The number of para-hydroxylation sites is 1. The Kier molecular flexibility index (Phi) is 6.85. The minimum absolute atomic E-state index is 0.159. The van der Waals surface area contributed by atoms with Gasteiger partial charge < -0.3 is 9.47 Å². The van der Waals surface area contributed by atoms with E-state index in [1.54, 1.807) is 0 Å². The highest BCUT2D eigenvalue weighted by Gasteiger charge is 2.24. The third-order valence-electron chi connectivity index (χ3n) is 4.66. The van der Waals surface area contributed by atoms with Gasteiger partial charge in [0.15, 0.2) is 0 Å². The quantitative estimate of drug-likeness (QED) is 0.451. The summed E-state index contributed by atoms with van der Waals surface area (Å²) in [7, 11) is 0. The van der Waals surface area contributed by atoms with Crippen molar-refractivity contribution < 1.29 is 14.3 Å². The molecule has 3 aromatic carbocycles. The van der Waals surface area contributed by atoms with Crippen molar-refractivity contribution in [1.82, 2.24) is 0 Å². The molecule has 0 amide bonds. The van der Waals surface area contributed by atoms with Gasteiger partial charge in [0.1, 0.15) is 18.1 Å². The maximum Gasteiger partial charge on any atom is 0.309 e. The zero-order valence-electron chi connectivity index (χ0n) is 16.4. The Morgan fingerprint density at radius 2 is 1.39 bits per heavy atom. The lowest BCUT2D eigenvalue weighted by molar-refractivity contribution is -0.151. The van der Waals surface area contributed by atoms with Crippen LogP contribution in [0.2, 0.25) is 0 Å². The van der Waals surface area contributed by atoms with E-state index in [0.717, 1.165) is 22.6 Å². The molecule has 1 atom stereocenters. The highest BCUT2D eigenvalue weighted by molar-refractivity contribution is 5.73. The minimum Gasteiger partial charge on any atom is -0.461 e. The van der Waals surface area contributed by atoms with Gasteiger partial charge in [-0.25, -0.2) is 0 Å². The van der Waals surface area contributed by atoms with Crippen LogP contribution < -0.4 is 4.74 Å². The zero-order valence-corrected chi connectivity index (χ0v) is 16.4. The van der Waals surface area contributed by atoms with Crippen LogP contribution in [0.15, 0.2) is 84.9 Å². The summed E-state index contributed by atoms with van der Waals surface area (Å²) in [6, 6.07) is 27.3. The lowest BCUT2D eigenvalue weighted by atomic mass is 9.89. The first kappa shape index (κ1) is 19.7. The second kappa shape index (κ2) is 9.75. The standard InChI is InChI=1S/C25H26O3/c1-19(2)24(17-20-10-5-3-6-11-20)25(26)27-18-21-12-9-15-23(16-21)28-22-13-7-4-8-14-22/h3-16,19,24H,17-18H2,1-2H3. The van der Waals surface area contributed by atoms with Crippen molar-refractivity contribution in [2.24, 2.45) is 11.8 Å². The van der Waals surface area contributed by atoms with Crippen LogP contribution in [0.1, 0.15) is 25.0 Å². The van der Waals surface area contributed by atoms with Gasteiger partial charge in [0.05, 0.1) is 5.92 Å². The first-order valence-corrected chi connectivity index (χ1v) is 9.64. The molecule has 144 valence electrons. The molecule has 0 aliphatic carbocycles. The van der Waals surface area contributed by atoms with Crippen LogP contribution >= 0.6 is 0 Å². The fourth-order valence-corrected chi connectivity index (χ4v) is 3.04. The molecule has 0 spiro atoms. The highest BCUT2D eigenvalue weighted by atomic mass is 16.5. The summed E-state index contributed by atoms with van der Waals surface area (Å²) < 4.78 is 11.5. The van der Waals surface area contributed by atoms with Crippen molar-refractivity contribution in [3.8, 4) is 11.5 Å². The van der Waals surface area contributed by atoms with Gasteiger partial charge in [0, 0.05) is 0 Å². The SMILES string of the molecule is CC(C)C(Cc1ccccc1)C(=O)OCc1cccc(Oc2ccccc2)c1. The molecule has 3 heteroatoms. The Morgan fingerprint density at radius 3 is 2.07 bits per heavy atom. The van der Waals surface area contributed by atoms with Crippen molar-refractivity contribution in [3.05, 3.63) is 96.1 Å². The van der Waals surface area contributed by atoms with Gasteiger partial charge in [-0.1, -0.05) is 74.5 Å². The first-order valence-electron chi connectivity index (χ1n) is 9.64. The molecule has 0 aromatic heterocycles. The van der Waals surface area contributed by atoms with Crippen molar-refractivity contribution in [2.45, 2.75) is 26.9 Å². The van der Waals surface area contributed by atoms with Crippen LogP contribution in [-0.2, 0) is 22.6 Å². The van der Waals surface area contributed by atoms with Gasteiger partial charge in [0.25, 0.3) is 0 Å². The molecule has 0 N–H and O–H groups in total. The molecule has 0 radical (unpaired) electrons. The molecule has 0 bridgehead atoms. The monoisotopic (exact) mass is 374 g/mol. The number of hydrogen-bond donors (Lipinski definition) is 0. The van der Waals surface area contributed by atoms with Gasteiger partial charge >= 0.3 is 5.97 Å². The average molecular weight is 374 g/mol. The highest BCUT2D eigenvalue weighted by Crippen LogP contribution is 2.23. The second-order valence-electron chi connectivity index (χ2n) is 7.21. The summed E-state index contributed by atoms with van der Waals surface area (Å²) in [5.74, 6) is 1.39. The number of benzene rings is 3. The third-order valence-corrected chi connectivity index (χ3v) is 4.66. The summed E-state index contributed by atoms with van der Waals surface area (Å²) >= 11 is 0. The second-order valence-corrected chi connectivity index (χ2v) is 7.21. The summed E-state index contributed by atoms with van der Waals surface area (Å²) in [5, 5.41) is 0. The van der Waals surface area contributed by atoms with E-state index >= 15 is 0 Å². The van der Waals surface area contributed by atoms with Crippen LogP contribution in [0.4, 0.5) is 0 Å². The third kappa shape index (κ3) is 5.71. The number of rotatable bonds is 8. The summed E-state index contributed by atoms with van der Waals surface area (Å²) in [6.07, 6.45) is 0.689. The molecule has 0 saturated heterocycles. The first-order chi connectivity index (χ1) is 13.6. The van der Waals surface area contributed by atoms with Crippen molar-refractivity contribution >= 4 is 5.97 Å². The molecule has 0 fully saturated rings. The Balaban J connectivity index is 1.60. The Bertz CT molecular complexity index is 873. The molecule has 0 heterocycles. The maximum atomic E-state index is 12.7. The molecule has 0 aliphatic heterocycles. The van der Waals surface area contributed by atoms with Crippen molar-refractivity contribution in [2.75, 3.05) is 0 Å². The summed E-state index contributed by atoms with van der Waals surface area (Å²) in [4.78, 5) is 12.7. The van der Waals surface area contributed by atoms with E-state index in [1.807, 2.05) is 84.9 Å². The Labute approximate surface area is 166 Å². The topological polar surface area (TPSA) is 35.5 Å². The van der Waals surface area contributed by atoms with Crippen LogP contribution in [0.25, 0.3) is 0 Å². The molecular formula is C25H26O3. The molecule has 28 heavy (non-hydrogen) atoms. The van der Waals surface area contributed by atoms with Gasteiger partial charge in [-0.3, -0.25) is 4.79 Å². The molecule has 3 rings (SSSR count). The lowest BCUT2D eigenvalue weighted by Crippen LogP contribution is -2.25. The minimum atomic E-state index is -0.161. The molecule has 0 saturated carbocycles. The molecule has 0 aliphatic rings. The molecule has 3 nitrogen and oxygen atoms in total. The largest absolute Gasteiger partial charge is 0.461 e. The molecule has 3 aromatic rings.